The molecule has 0 saturated carbocycles. The molecule has 3 heteroatoms. The Labute approximate surface area is 116 Å². The van der Waals surface area contributed by atoms with E-state index in [0.717, 1.165) is 24.1 Å². The SMILES string of the molecule is CCCCCCCC(Nc1ccccc1C)C(N)=O. The number of primary amides is 1. The number of benzene rings is 1. The van der Waals surface area contributed by atoms with E-state index in [1.807, 2.05) is 31.2 Å². The Kier molecular flexibility index (Phi) is 7.01. The van der Waals surface area contributed by atoms with Gasteiger partial charge in [-0.1, -0.05) is 57.2 Å². The summed E-state index contributed by atoms with van der Waals surface area (Å²) >= 11 is 0. The van der Waals surface area contributed by atoms with Crippen LogP contribution in [0.15, 0.2) is 24.3 Å². The number of para-hydroxylation sites is 1. The smallest absolute Gasteiger partial charge is 0.239 e. The third-order valence-corrected chi connectivity index (χ3v) is 3.41. The lowest BCUT2D eigenvalue weighted by Gasteiger charge is -2.18. The van der Waals surface area contributed by atoms with Crippen LogP contribution in [0.3, 0.4) is 0 Å². The standard InChI is InChI=1S/C16H26N2O/c1-3-4-5-6-7-12-15(16(17)19)18-14-11-9-8-10-13(14)2/h8-11,15,18H,3-7,12H2,1-2H3,(H2,17,19). The summed E-state index contributed by atoms with van der Waals surface area (Å²) < 4.78 is 0. The molecule has 1 aromatic rings. The molecule has 0 aliphatic rings. The summed E-state index contributed by atoms with van der Waals surface area (Å²) in [5.74, 6) is -0.265. The second-order valence-electron chi connectivity index (χ2n) is 5.12. The molecule has 0 heterocycles. The molecule has 0 fully saturated rings. The van der Waals surface area contributed by atoms with Crippen molar-refractivity contribution in [2.75, 3.05) is 5.32 Å². The van der Waals surface area contributed by atoms with Gasteiger partial charge in [0.25, 0.3) is 0 Å². The van der Waals surface area contributed by atoms with Gasteiger partial charge >= 0.3 is 0 Å². The summed E-state index contributed by atoms with van der Waals surface area (Å²) in [6.07, 6.45) is 6.78. The van der Waals surface area contributed by atoms with E-state index < -0.39 is 0 Å². The van der Waals surface area contributed by atoms with Crippen LogP contribution in [-0.2, 0) is 4.79 Å². The normalized spacial score (nSPS) is 12.1. The molecular weight excluding hydrogens is 236 g/mol. The lowest BCUT2D eigenvalue weighted by molar-refractivity contribution is -0.118. The summed E-state index contributed by atoms with van der Waals surface area (Å²) in [4.78, 5) is 11.5. The third kappa shape index (κ3) is 5.77. The molecule has 0 bridgehead atoms. The topological polar surface area (TPSA) is 55.1 Å². The van der Waals surface area contributed by atoms with Gasteiger partial charge in [0.2, 0.25) is 5.91 Å². The minimum atomic E-state index is -0.265. The second kappa shape index (κ2) is 8.57. The number of hydrogen-bond donors (Lipinski definition) is 2. The highest BCUT2D eigenvalue weighted by molar-refractivity contribution is 5.83. The highest BCUT2D eigenvalue weighted by atomic mass is 16.1. The molecule has 1 unspecified atom stereocenters. The fourth-order valence-corrected chi connectivity index (χ4v) is 2.16. The number of carbonyl (C=O) groups is 1. The fourth-order valence-electron chi connectivity index (χ4n) is 2.16. The Morgan fingerprint density at radius 2 is 1.89 bits per heavy atom. The summed E-state index contributed by atoms with van der Waals surface area (Å²) in [5, 5.41) is 3.26. The van der Waals surface area contributed by atoms with Gasteiger partial charge in [0.1, 0.15) is 6.04 Å². The summed E-state index contributed by atoms with van der Waals surface area (Å²) in [7, 11) is 0. The number of amides is 1. The monoisotopic (exact) mass is 262 g/mol. The summed E-state index contributed by atoms with van der Waals surface area (Å²) in [6.45, 7) is 4.23. The number of carbonyl (C=O) groups excluding carboxylic acids is 1. The molecule has 3 N–H and O–H groups in total. The van der Waals surface area contributed by atoms with Crippen LogP contribution in [0.2, 0.25) is 0 Å². The molecule has 0 spiro atoms. The van der Waals surface area contributed by atoms with E-state index in [4.69, 9.17) is 5.73 Å². The van der Waals surface area contributed by atoms with Gasteiger partial charge in [-0.05, 0) is 25.0 Å². The van der Waals surface area contributed by atoms with Crippen LogP contribution in [0.25, 0.3) is 0 Å². The predicted octanol–water partition coefficient (Wildman–Crippen LogP) is 3.62. The molecule has 0 aromatic heterocycles. The van der Waals surface area contributed by atoms with Gasteiger partial charge < -0.3 is 11.1 Å². The summed E-state index contributed by atoms with van der Waals surface area (Å²) in [5.41, 5.74) is 7.61. The zero-order chi connectivity index (χ0) is 14.1. The van der Waals surface area contributed by atoms with Crippen molar-refractivity contribution in [2.45, 2.75) is 58.4 Å². The number of unbranched alkanes of at least 4 members (excludes halogenated alkanes) is 4. The number of hydrogen-bond acceptors (Lipinski definition) is 2. The van der Waals surface area contributed by atoms with Gasteiger partial charge in [0.15, 0.2) is 0 Å². The molecular formula is C16H26N2O. The number of anilines is 1. The number of aryl methyl sites for hydroxylation is 1. The van der Waals surface area contributed by atoms with Crippen LogP contribution in [0.5, 0.6) is 0 Å². The van der Waals surface area contributed by atoms with Gasteiger partial charge in [0, 0.05) is 5.69 Å². The van der Waals surface area contributed by atoms with E-state index in [1.165, 1.54) is 25.7 Å². The molecule has 0 aliphatic heterocycles. The number of nitrogens with two attached hydrogens (primary N) is 1. The van der Waals surface area contributed by atoms with Gasteiger partial charge in [0.05, 0.1) is 0 Å². The Morgan fingerprint density at radius 1 is 1.21 bits per heavy atom. The van der Waals surface area contributed by atoms with Crippen molar-refractivity contribution in [3.05, 3.63) is 29.8 Å². The van der Waals surface area contributed by atoms with E-state index in [9.17, 15) is 4.79 Å². The van der Waals surface area contributed by atoms with Crippen molar-refractivity contribution < 1.29 is 4.79 Å². The Hall–Kier alpha value is -1.51. The molecule has 0 saturated heterocycles. The minimum absolute atomic E-state index is 0.261. The van der Waals surface area contributed by atoms with E-state index in [-0.39, 0.29) is 11.9 Å². The van der Waals surface area contributed by atoms with Crippen LogP contribution in [0, 0.1) is 6.92 Å². The van der Waals surface area contributed by atoms with E-state index in [1.54, 1.807) is 0 Å². The maximum absolute atomic E-state index is 11.5. The molecule has 19 heavy (non-hydrogen) atoms. The van der Waals surface area contributed by atoms with Crippen LogP contribution < -0.4 is 11.1 Å². The van der Waals surface area contributed by atoms with Gasteiger partial charge in [-0.15, -0.1) is 0 Å². The lowest BCUT2D eigenvalue weighted by atomic mass is 10.0. The first kappa shape index (κ1) is 15.5. The summed E-state index contributed by atoms with van der Waals surface area (Å²) in [6, 6.07) is 7.71. The van der Waals surface area contributed by atoms with Crippen molar-refractivity contribution in [3.8, 4) is 0 Å². The number of nitrogens with one attached hydrogen (secondary N) is 1. The molecule has 0 aliphatic carbocycles. The maximum Gasteiger partial charge on any atom is 0.239 e. The van der Waals surface area contributed by atoms with Crippen molar-refractivity contribution in [1.82, 2.24) is 0 Å². The largest absolute Gasteiger partial charge is 0.373 e. The molecule has 1 atom stereocenters. The van der Waals surface area contributed by atoms with Crippen LogP contribution in [-0.4, -0.2) is 11.9 Å². The molecule has 106 valence electrons. The minimum Gasteiger partial charge on any atom is -0.373 e. The zero-order valence-corrected chi connectivity index (χ0v) is 12.1. The molecule has 3 nitrogen and oxygen atoms in total. The van der Waals surface area contributed by atoms with Crippen LogP contribution >= 0.6 is 0 Å². The van der Waals surface area contributed by atoms with Crippen molar-refractivity contribution in [1.29, 1.82) is 0 Å². The van der Waals surface area contributed by atoms with E-state index in [2.05, 4.69) is 12.2 Å². The molecule has 0 radical (unpaired) electrons. The first-order chi connectivity index (χ1) is 9.15. The highest BCUT2D eigenvalue weighted by Gasteiger charge is 2.15. The third-order valence-electron chi connectivity index (χ3n) is 3.41. The number of rotatable bonds is 9. The Morgan fingerprint density at radius 3 is 2.53 bits per heavy atom. The van der Waals surface area contributed by atoms with Gasteiger partial charge in [-0.2, -0.15) is 0 Å². The fraction of sp³-hybridized carbons (Fsp3) is 0.562. The quantitative estimate of drug-likeness (QED) is 0.668. The first-order valence-electron chi connectivity index (χ1n) is 7.26. The Bertz CT molecular complexity index is 390. The van der Waals surface area contributed by atoms with Crippen LogP contribution in [0.1, 0.15) is 51.0 Å². The highest BCUT2D eigenvalue weighted by Crippen LogP contribution is 2.17. The lowest BCUT2D eigenvalue weighted by Crippen LogP contribution is -2.35. The Balaban J connectivity index is 2.45. The zero-order valence-electron chi connectivity index (χ0n) is 12.1. The average Bonchev–Trinajstić information content (AvgIpc) is 2.39. The van der Waals surface area contributed by atoms with Crippen molar-refractivity contribution >= 4 is 11.6 Å². The first-order valence-corrected chi connectivity index (χ1v) is 7.26. The average molecular weight is 262 g/mol. The van der Waals surface area contributed by atoms with Crippen LogP contribution in [0.4, 0.5) is 5.69 Å². The van der Waals surface area contributed by atoms with Gasteiger partial charge in [-0.25, -0.2) is 0 Å². The van der Waals surface area contributed by atoms with Gasteiger partial charge in [-0.3, -0.25) is 4.79 Å². The second-order valence-corrected chi connectivity index (χ2v) is 5.12. The predicted molar refractivity (Wildman–Crippen MR) is 81.2 cm³/mol. The molecule has 1 rings (SSSR count). The maximum atomic E-state index is 11.5. The molecule has 1 aromatic carbocycles. The molecule has 1 amide bonds. The van der Waals surface area contributed by atoms with E-state index >= 15 is 0 Å². The van der Waals surface area contributed by atoms with Crippen molar-refractivity contribution in [2.24, 2.45) is 5.73 Å². The van der Waals surface area contributed by atoms with E-state index in [0.29, 0.717) is 0 Å². The van der Waals surface area contributed by atoms with Crippen molar-refractivity contribution in [3.63, 3.8) is 0 Å².